The Labute approximate surface area is 266 Å². The van der Waals surface area contributed by atoms with Crippen LogP contribution in [0.15, 0.2) is 114 Å². The van der Waals surface area contributed by atoms with Crippen LogP contribution < -0.4 is 14.4 Å². The van der Waals surface area contributed by atoms with Crippen molar-refractivity contribution in [2.75, 3.05) is 23.9 Å². The molecule has 0 saturated heterocycles. The number of ether oxygens (including phenoxy) is 1. The number of anilines is 1. The van der Waals surface area contributed by atoms with Crippen LogP contribution >= 0.6 is 0 Å². The van der Waals surface area contributed by atoms with E-state index in [0.717, 1.165) is 28.3 Å². The predicted molar refractivity (Wildman–Crippen MR) is 178 cm³/mol. The number of carbonyl (C=O) groups excluding carboxylic acids is 2. The van der Waals surface area contributed by atoms with Gasteiger partial charge in [-0.25, -0.2) is 8.42 Å². The maximum atomic E-state index is 14.1. The van der Waals surface area contributed by atoms with Crippen molar-refractivity contribution >= 4 is 27.5 Å². The van der Waals surface area contributed by atoms with E-state index in [1.54, 1.807) is 43.3 Å². The number of benzene rings is 4. The van der Waals surface area contributed by atoms with Gasteiger partial charge in [-0.3, -0.25) is 13.9 Å². The van der Waals surface area contributed by atoms with E-state index in [9.17, 15) is 18.0 Å². The summed E-state index contributed by atoms with van der Waals surface area (Å²) in [7, 11) is -4.16. The number of nitrogens with one attached hydrogen (secondary N) is 1. The summed E-state index contributed by atoms with van der Waals surface area (Å²) in [5, 5.41) is 2.91. The molecule has 0 saturated carbocycles. The summed E-state index contributed by atoms with van der Waals surface area (Å²) in [5.74, 6) is 0.403. The molecule has 0 radical (unpaired) electrons. The predicted octanol–water partition coefficient (Wildman–Crippen LogP) is 6.36. The van der Waals surface area contributed by atoms with Gasteiger partial charge in [-0.1, -0.05) is 79.6 Å². The summed E-state index contributed by atoms with van der Waals surface area (Å²) in [6.07, 6.45) is 2.25. The Balaban J connectivity index is 1.65. The Morgan fingerprint density at radius 2 is 1.42 bits per heavy atom. The van der Waals surface area contributed by atoms with Crippen LogP contribution in [0.5, 0.6) is 11.5 Å². The van der Waals surface area contributed by atoms with Crippen LogP contribution in [0, 0.1) is 6.92 Å². The van der Waals surface area contributed by atoms with Crippen LogP contribution in [0.3, 0.4) is 0 Å². The monoisotopic (exact) mass is 627 g/mol. The molecule has 0 unspecified atom stereocenters. The van der Waals surface area contributed by atoms with E-state index in [4.69, 9.17) is 4.74 Å². The van der Waals surface area contributed by atoms with E-state index in [-0.39, 0.29) is 17.3 Å². The topological polar surface area (TPSA) is 96.0 Å². The van der Waals surface area contributed by atoms with Gasteiger partial charge in [0.15, 0.2) is 0 Å². The van der Waals surface area contributed by atoms with E-state index in [1.165, 1.54) is 17.0 Å². The standard InChI is InChI=1S/C36H41N3O5S/c1-4-5-25-37-36(41)29(3)38(26-24-30-12-8-6-9-13-30)35(40)27-39(45(42,43)34-22-16-28(2)17-23-34)31-18-20-33(21-19-31)44-32-14-10-7-11-15-32/h6-23,29H,4-5,24-27H2,1-3H3,(H,37,41)/t29-/m1/s1. The van der Waals surface area contributed by atoms with Gasteiger partial charge in [0.05, 0.1) is 10.6 Å². The number of amides is 2. The molecule has 0 aromatic heterocycles. The lowest BCUT2D eigenvalue weighted by Crippen LogP contribution is -2.52. The number of unbranched alkanes of at least 4 members (excludes halogenated alkanes) is 1. The van der Waals surface area contributed by atoms with Gasteiger partial charge in [0.25, 0.3) is 10.0 Å². The number of aryl methyl sites for hydroxylation is 1. The Kier molecular flexibility index (Phi) is 11.8. The molecule has 9 heteroatoms. The summed E-state index contributed by atoms with van der Waals surface area (Å²) in [6, 6.07) is 31.2. The largest absolute Gasteiger partial charge is 0.457 e. The van der Waals surface area contributed by atoms with Gasteiger partial charge >= 0.3 is 0 Å². The highest BCUT2D eigenvalue weighted by Gasteiger charge is 2.32. The Morgan fingerprint density at radius 1 is 0.822 bits per heavy atom. The molecule has 8 nitrogen and oxygen atoms in total. The maximum absolute atomic E-state index is 14.1. The van der Waals surface area contributed by atoms with Crippen molar-refractivity contribution in [2.45, 2.75) is 51.0 Å². The third-order valence-corrected chi connectivity index (χ3v) is 9.26. The number of nitrogens with zero attached hydrogens (tertiary/aromatic N) is 2. The average Bonchev–Trinajstić information content (AvgIpc) is 3.05. The van der Waals surface area contributed by atoms with Crippen molar-refractivity contribution in [1.29, 1.82) is 0 Å². The first kappa shape index (κ1) is 33.3. The SMILES string of the molecule is CCCCNC(=O)[C@@H](C)N(CCc1ccccc1)C(=O)CN(c1ccc(Oc2ccccc2)cc1)S(=O)(=O)c1ccc(C)cc1. The van der Waals surface area contributed by atoms with E-state index >= 15 is 0 Å². The number of hydrogen-bond donors (Lipinski definition) is 1. The zero-order chi connectivity index (χ0) is 32.2. The molecule has 0 aliphatic rings. The molecule has 0 bridgehead atoms. The summed E-state index contributed by atoms with van der Waals surface area (Å²) in [5.41, 5.74) is 2.22. The van der Waals surface area contributed by atoms with Crippen LogP contribution in [0.4, 0.5) is 5.69 Å². The molecule has 2 amide bonds. The van der Waals surface area contributed by atoms with E-state index < -0.39 is 28.5 Å². The van der Waals surface area contributed by atoms with Crippen LogP contribution in [-0.4, -0.2) is 50.8 Å². The molecule has 1 N–H and O–H groups in total. The van der Waals surface area contributed by atoms with Crippen molar-refractivity contribution in [3.63, 3.8) is 0 Å². The fourth-order valence-corrected chi connectivity index (χ4v) is 6.19. The maximum Gasteiger partial charge on any atom is 0.264 e. The third kappa shape index (κ3) is 9.18. The van der Waals surface area contributed by atoms with Crippen LogP contribution in [-0.2, 0) is 26.0 Å². The smallest absolute Gasteiger partial charge is 0.264 e. The Bertz CT molecular complexity index is 1630. The van der Waals surface area contributed by atoms with E-state index in [1.807, 2.05) is 74.5 Å². The number of carbonyl (C=O) groups is 2. The summed E-state index contributed by atoms with van der Waals surface area (Å²) in [4.78, 5) is 28.7. The zero-order valence-corrected chi connectivity index (χ0v) is 26.9. The first-order valence-electron chi connectivity index (χ1n) is 15.2. The van der Waals surface area contributed by atoms with Crippen LogP contribution in [0.1, 0.15) is 37.8 Å². The van der Waals surface area contributed by atoms with Crippen molar-refractivity contribution < 1.29 is 22.7 Å². The highest BCUT2D eigenvalue weighted by molar-refractivity contribution is 7.92. The van der Waals surface area contributed by atoms with Gasteiger partial charge in [0.2, 0.25) is 11.8 Å². The first-order valence-corrected chi connectivity index (χ1v) is 16.7. The minimum absolute atomic E-state index is 0.0618. The number of sulfonamides is 1. The molecule has 4 aromatic carbocycles. The second kappa shape index (κ2) is 15.9. The molecule has 4 rings (SSSR count). The molecule has 236 valence electrons. The highest BCUT2D eigenvalue weighted by atomic mass is 32.2. The van der Waals surface area contributed by atoms with Gasteiger partial charge < -0.3 is 15.0 Å². The van der Waals surface area contributed by atoms with Gasteiger partial charge in [-0.05, 0) is 80.8 Å². The third-order valence-electron chi connectivity index (χ3n) is 7.47. The molecule has 0 spiro atoms. The quantitative estimate of drug-likeness (QED) is 0.155. The number of hydrogen-bond acceptors (Lipinski definition) is 5. The van der Waals surface area contributed by atoms with Crippen molar-refractivity contribution in [3.05, 3.63) is 120 Å². The minimum Gasteiger partial charge on any atom is -0.457 e. The molecule has 0 aliphatic heterocycles. The Hall–Kier alpha value is -4.63. The van der Waals surface area contributed by atoms with Crippen molar-refractivity contribution in [3.8, 4) is 11.5 Å². The van der Waals surface area contributed by atoms with E-state index in [2.05, 4.69) is 5.32 Å². The lowest BCUT2D eigenvalue weighted by molar-refractivity contribution is -0.138. The molecule has 0 heterocycles. The number of rotatable bonds is 15. The molecular formula is C36H41N3O5S. The molecule has 4 aromatic rings. The van der Waals surface area contributed by atoms with Crippen molar-refractivity contribution in [1.82, 2.24) is 10.2 Å². The number of para-hydroxylation sites is 1. The fraction of sp³-hybridized carbons (Fsp3) is 0.278. The van der Waals surface area contributed by atoms with Gasteiger partial charge in [0.1, 0.15) is 24.1 Å². The van der Waals surface area contributed by atoms with Crippen molar-refractivity contribution in [2.24, 2.45) is 0 Å². The molecule has 45 heavy (non-hydrogen) atoms. The molecule has 0 aliphatic carbocycles. The highest BCUT2D eigenvalue weighted by Crippen LogP contribution is 2.28. The second-order valence-corrected chi connectivity index (χ2v) is 12.7. The van der Waals surface area contributed by atoms with Crippen LogP contribution in [0.2, 0.25) is 0 Å². The summed E-state index contributed by atoms with van der Waals surface area (Å²) in [6.45, 7) is 5.85. The average molecular weight is 628 g/mol. The minimum atomic E-state index is -4.16. The van der Waals surface area contributed by atoms with Gasteiger partial charge in [-0.15, -0.1) is 0 Å². The van der Waals surface area contributed by atoms with Gasteiger partial charge in [-0.2, -0.15) is 0 Å². The van der Waals surface area contributed by atoms with Crippen LogP contribution in [0.25, 0.3) is 0 Å². The lowest BCUT2D eigenvalue weighted by atomic mass is 10.1. The zero-order valence-electron chi connectivity index (χ0n) is 26.1. The molecule has 1 atom stereocenters. The van der Waals surface area contributed by atoms with E-state index in [0.29, 0.717) is 30.2 Å². The Morgan fingerprint density at radius 3 is 2.04 bits per heavy atom. The molecular weight excluding hydrogens is 586 g/mol. The fourth-order valence-electron chi connectivity index (χ4n) is 4.78. The summed E-state index contributed by atoms with van der Waals surface area (Å²) < 4.78 is 35.2. The molecule has 0 fully saturated rings. The lowest BCUT2D eigenvalue weighted by Gasteiger charge is -2.32. The summed E-state index contributed by atoms with van der Waals surface area (Å²) >= 11 is 0. The van der Waals surface area contributed by atoms with Gasteiger partial charge in [0, 0.05) is 13.1 Å². The normalized spacial score (nSPS) is 11.8. The first-order chi connectivity index (χ1) is 21.7. The second-order valence-electron chi connectivity index (χ2n) is 10.9.